The first-order valence-electron chi connectivity index (χ1n) is 16.3. The van der Waals surface area contributed by atoms with Gasteiger partial charge in [0.25, 0.3) is 0 Å². The topological polar surface area (TPSA) is 92.1 Å². The summed E-state index contributed by atoms with van der Waals surface area (Å²) in [7, 11) is 1.85. The van der Waals surface area contributed by atoms with E-state index in [1.54, 1.807) is 4.90 Å². The van der Waals surface area contributed by atoms with E-state index in [1.165, 1.54) is 16.7 Å². The molecule has 0 bridgehead atoms. The van der Waals surface area contributed by atoms with Gasteiger partial charge in [0.05, 0.1) is 31.0 Å². The fourth-order valence-electron chi connectivity index (χ4n) is 5.75. The molecule has 2 fully saturated rings. The number of hydrogen-bond donors (Lipinski definition) is 2. The molecule has 2 aliphatic carbocycles. The standard InChI is InChI=1S/C37H48N2O5/c1-27-14-15-28(9-3-6-13-36(42)39(2)22-8-7-10-30(41)25-40)23-29(27)26-43-37(19-20-37)34-24-38-21-18-32(34)33-11-4-5-12-35(33)44-31-16-17-31/h4-5,11-12,14-15,18,21,23-24,30-31,40-41H,3,6-10,13,16-17,19-20,22,25-26H2,1-2H3. The van der Waals surface area contributed by atoms with Crippen molar-refractivity contribution < 1.29 is 24.5 Å². The van der Waals surface area contributed by atoms with E-state index in [9.17, 15) is 9.90 Å². The number of aryl methyl sites for hydroxylation is 2. The average molecular weight is 601 g/mol. The van der Waals surface area contributed by atoms with Crippen LogP contribution in [0.25, 0.3) is 11.1 Å². The smallest absolute Gasteiger partial charge is 0.222 e. The first-order valence-corrected chi connectivity index (χ1v) is 16.3. The van der Waals surface area contributed by atoms with Crippen molar-refractivity contribution in [1.82, 2.24) is 9.88 Å². The number of aliphatic hydroxyl groups is 2. The molecular weight excluding hydrogens is 552 g/mol. The van der Waals surface area contributed by atoms with E-state index in [-0.39, 0.29) is 18.1 Å². The molecule has 0 aliphatic heterocycles. The van der Waals surface area contributed by atoms with Crippen LogP contribution in [0.4, 0.5) is 0 Å². The molecule has 1 unspecified atom stereocenters. The molecule has 2 aliphatic rings. The lowest BCUT2D eigenvalue weighted by molar-refractivity contribution is -0.130. The summed E-state index contributed by atoms with van der Waals surface area (Å²) in [6, 6.07) is 17.0. The third-order valence-corrected chi connectivity index (χ3v) is 8.95. The molecule has 236 valence electrons. The number of pyridine rings is 1. The van der Waals surface area contributed by atoms with Gasteiger partial charge in [-0.1, -0.05) is 36.4 Å². The number of carbonyl (C=O) groups is 1. The Balaban J connectivity index is 1.13. The molecule has 3 aromatic rings. The summed E-state index contributed by atoms with van der Waals surface area (Å²) in [6.45, 7) is 3.17. The summed E-state index contributed by atoms with van der Waals surface area (Å²) in [6.07, 6.45) is 13.2. The van der Waals surface area contributed by atoms with Gasteiger partial charge in [0.2, 0.25) is 5.91 Å². The minimum absolute atomic E-state index is 0.164. The summed E-state index contributed by atoms with van der Waals surface area (Å²) in [5.74, 6) is 1.10. The summed E-state index contributed by atoms with van der Waals surface area (Å²) in [5, 5.41) is 18.4. The SMILES string of the molecule is Cc1ccc(CCCCC(=O)N(C)CCCCC(O)CO)cc1COC1(c2cnccc2-c2ccccc2OC2CC2)CC1. The Hall–Kier alpha value is -3.26. The minimum Gasteiger partial charge on any atom is -0.490 e. The highest BCUT2D eigenvalue weighted by molar-refractivity contribution is 5.76. The predicted molar refractivity (Wildman–Crippen MR) is 172 cm³/mol. The number of aliphatic hydroxyl groups excluding tert-OH is 2. The molecule has 44 heavy (non-hydrogen) atoms. The Morgan fingerprint density at radius 1 is 1.07 bits per heavy atom. The molecule has 1 atom stereocenters. The number of nitrogens with zero attached hydrogens (tertiary/aromatic N) is 2. The van der Waals surface area contributed by atoms with E-state index in [4.69, 9.17) is 14.6 Å². The van der Waals surface area contributed by atoms with Gasteiger partial charge in [-0.2, -0.15) is 0 Å². The van der Waals surface area contributed by atoms with Crippen molar-refractivity contribution in [3.8, 4) is 16.9 Å². The highest BCUT2D eigenvalue weighted by Crippen LogP contribution is 2.53. The number of benzene rings is 2. The maximum atomic E-state index is 12.5. The van der Waals surface area contributed by atoms with Crippen LogP contribution < -0.4 is 4.74 Å². The lowest BCUT2D eigenvalue weighted by Gasteiger charge is -2.22. The van der Waals surface area contributed by atoms with Crippen molar-refractivity contribution in [2.75, 3.05) is 20.2 Å². The van der Waals surface area contributed by atoms with Crippen LogP contribution in [0.5, 0.6) is 5.75 Å². The van der Waals surface area contributed by atoms with Crippen LogP contribution in [0.15, 0.2) is 60.9 Å². The van der Waals surface area contributed by atoms with Gasteiger partial charge in [0, 0.05) is 43.5 Å². The van der Waals surface area contributed by atoms with Gasteiger partial charge in [-0.3, -0.25) is 9.78 Å². The molecule has 7 heteroatoms. The lowest BCUT2D eigenvalue weighted by atomic mass is 9.96. The molecule has 2 aromatic carbocycles. The quantitative estimate of drug-likeness (QED) is 0.162. The minimum atomic E-state index is -0.659. The highest BCUT2D eigenvalue weighted by Gasteiger charge is 2.47. The molecule has 0 saturated heterocycles. The second kappa shape index (κ2) is 15.2. The van der Waals surface area contributed by atoms with Gasteiger partial charge in [-0.25, -0.2) is 0 Å². The molecule has 0 radical (unpaired) electrons. The maximum absolute atomic E-state index is 12.5. The zero-order valence-corrected chi connectivity index (χ0v) is 26.3. The van der Waals surface area contributed by atoms with E-state index in [2.05, 4.69) is 54.4 Å². The molecule has 2 saturated carbocycles. The van der Waals surface area contributed by atoms with Crippen LogP contribution in [-0.2, 0) is 28.2 Å². The van der Waals surface area contributed by atoms with Gasteiger partial charge in [-0.05, 0) is 106 Å². The van der Waals surface area contributed by atoms with Crippen LogP contribution in [0, 0.1) is 6.92 Å². The Bertz CT molecular complexity index is 1380. The van der Waals surface area contributed by atoms with E-state index in [0.717, 1.165) is 80.2 Å². The zero-order chi connectivity index (χ0) is 30.9. The fraction of sp³-hybridized carbons (Fsp3) is 0.514. The zero-order valence-electron chi connectivity index (χ0n) is 26.3. The molecule has 5 rings (SSSR count). The molecule has 2 N–H and O–H groups in total. The molecule has 7 nitrogen and oxygen atoms in total. The van der Waals surface area contributed by atoms with E-state index < -0.39 is 6.10 Å². The summed E-state index contributed by atoms with van der Waals surface area (Å²) in [5.41, 5.74) is 6.76. The molecule has 1 aromatic heterocycles. The number of carbonyl (C=O) groups excluding carboxylic acids is 1. The van der Waals surface area contributed by atoms with Crippen LogP contribution in [0.1, 0.15) is 86.5 Å². The third kappa shape index (κ3) is 8.68. The van der Waals surface area contributed by atoms with E-state index in [1.807, 2.05) is 25.5 Å². The third-order valence-electron chi connectivity index (χ3n) is 8.95. The van der Waals surface area contributed by atoms with Crippen molar-refractivity contribution in [1.29, 1.82) is 0 Å². The number of ether oxygens (including phenoxy) is 2. The van der Waals surface area contributed by atoms with Crippen LogP contribution in [0.3, 0.4) is 0 Å². The number of rotatable bonds is 18. The predicted octanol–water partition coefficient (Wildman–Crippen LogP) is 6.50. The van der Waals surface area contributed by atoms with Crippen molar-refractivity contribution in [2.45, 2.75) is 102 Å². The monoisotopic (exact) mass is 600 g/mol. The number of aromatic nitrogens is 1. The van der Waals surface area contributed by atoms with E-state index >= 15 is 0 Å². The van der Waals surface area contributed by atoms with Gasteiger partial charge in [0.1, 0.15) is 5.75 Å². The second-order valence-electron chi connectivity index (χ2n) is 12.6. The second-order valence-corrected chi connectivity index (χ2v) is 12.6. The number of amides is 1. The Labute approximate surface area is 262 Å². The largest absolute Gasteiger partial charge is 0.490 e. The molecular formula is C37H48N2O5. The molecule has 1 heterocycles. The van der Waals surface area contributed by atoms with Crippen molar-refractivity contribution in [3.05, 3.63) is 83.2 Å². The molecule has 1 amide bonds. The van der Waals surface area contributed by atoms with Gasteiger partial charge in [-0.15, -0.1) is 0 Å². The first-order chi connectivity index (χ1) is 21.4. The molecule has 0 spiro atoms. The van der Waals surface area contributed by atoms with E-state index in [0.29, 0.717) is 32.1 Å². The Morgan fingerprint density at radius 3 is 2.66 bits per heavy atom. The van der Waals surface area contributed by atoms with Crippen LogP contribution >= 0.6 is 0 Å². The van der Waals surface area contributed by atoms with Crippen LogP contribution in [-0.4, -0.2) is 58.4 Å². The van der Waals surface area contributed by atoms with Crippen molar-refractivity contribution >= 4 is 5.91 Å². The number of para-hydroxylation sites is 1. The fourth-order valence-corrected chi connectivity index (χ4v) is 5.75. The average Bonchev–Trinajstić information content (AvgIpc) is 3.99. The van der Waals surface area contributed by atoms with Gasteiger partial charge >= 0.3 is 0 Å². The van der Waals surface area contributed by atoms with Crippen molar-refractivity contribution in [2.24, 2.45) is 0 Å². The number of unbranched alkanes of at least 4 members (excludes halogenated alkanes) is 2. The number of hydrogen-bond acceptors (Lipinski definition) is 6. The first kappa shape index (κ1) is 32.1. The summed E-state index contributed by atoms with van der Waals surface area (Å²) >= 11 is 0. The van der Waals surface area contributed by atoms with Gasteiger partial charge < -0.3 is 24.6 Å². The highest BCUT2D eigenvalue weighted by atomic mass is 16.5. The van der Waals surface area contributed by atoms with Gasteiger partial charge in [0.15, 0.2) is 0 Å². The van der Waals surface area contributed by atoms with Crippen molar-refractivity contribution in [3.63, 3.8) is 0 Å². The Kier molecular flexibility index (Phi) is 11.1. The summed E-state index contributed by atoms with van der Waals surface area (Å²) in [4.78, 5) is 18.8. The Morgan fingerprint density at radius 2 is 1.89 bits per heavy atom. The normalized spacial score (nSPS) is 16.0. The maximum Gasteiger partial charge on any atom is 0.222 e. The van der Waals surface area contributed by atoms with Crippen LogP contribution in [0.2, 0.25) is 0 Å². The lowest BCUT2D eigenvalue weighted by Crippen LogP contribution is -2.27. The summed E-state index contributed by atoms with van der Waals surface area (Å²) < 4.78 is 13.0.